The number of aromatic nitrogens is 1. The number of aromatic hydroxyl groups is 1. The average molecular weight is 324 g/mol. The summed E-state index contributed by atoms with van der Waals surface area (Å²) in [5, 5.41) is 11.8. The lowest BCUT2D eigenvalue weighted by atomic mass is 10.0. The van der Waals surface area contributed by atoms with E-state index in [9.17, 15) is 19.1 Å². The van der Waals surface area contributed by atoms with Crippen LogP contribution in [0.3, 0.4) is 0 Å². The Hall–Kier alpha value is -3.41. The van der Waals surface area contributed by atoms with Crippen LogP contribution >= 0.6 is 0 Å². The maximum atomic E-state index is 13.0. The van der Waals surface area contributed by atoms with Crippen molar-refractivity contribution in [3.8, 4) is 16.9 Å². The van der Waals surface area contributed by atoms with E-state index >= 15 is 0 Å². The predicted molar refractivity (Wildman–Crippen MR) is 88.5 cm³/mol. The van der Waals surface area contributed by atoms with Crippen molar-refractivity contribution in [2.75, 3.05) is 5.32 Å². The fourth-order valence-corrected chi connectivity index (χ4v) is 2.24. The van der Waals surface area contributed by atoms with Gasteiger partial charge in [0.25, 0.3) is 5.91 Å². The van der Waals surface area contributed by atoms with Crippen molar-refractivity contribution in [3.63, 3.8) is 0 Å². The molecule has 0 fully saturated rings. The zero-order valence-corrected chi connectivity index (χ0v) is 12.4. The molecule has 3 aromatic rings. The number of hydrogen-bond acceptors (Lipinski definition) is 3. The lowest BCUT2D eigenvalue weighted by Gasteiger charge is -2.07. The number of nitrogens with one attached hydrogen (secondary N) is 2. The lowest BCUT2D eigenvalue weighted by molar-refractivity contribution is 0.102. The van der Waals surface area contributed by atoms with Gasteiger partial charge in [0, 0.05) is 23.6 Å². The first-order chi connectivity index (χ1) is 11.5. The van der Waals surface area contributed by atoms with Crippen molar-refractivity contribution in [1.29, 1.82) is 0 Å². The summed E-state index contributed by atoms with van der Waals surface area (Å²) >= 11 is 0. The van der Waals surface area contributed by atoms with Crippen LogP contribution in [-0.2, 0) is 0 Å². The van der Waals surface area contributed by atoms with Gasteiger partial charge in [-0.05, 0) is 42.0 Å². The summed E-state index contributed by atoms with van der Waals surface area (Å²) in [6, 6.07) is 11.3. The van der Waals surface area contributed by atoms with Crippen LogP contribution < -0.4 is 10.7 Å². The molecular weight excluding hydrogens is 311 g/mol. The Morgan fingerprint density at radius 2 is 1.67 bits per heavy atom. The number of phenols is 1. The number of aromatic amines is 1. The number of rotatable bonds is 3. The minimum atomic E-state index is -0.578. The number of amides is 1. The molecule has 0 aliphatic heterocycles. The Balaban J connectivity index is 1.92. The van der Waals surface area contributed by atoms with Gasteiger partial charge in [-0.2, -0.15) is 0 Å². The van der Waals surface area contributed by atoms with Crippen LogP contribution in [0.2, 0.25) is 0 Å². The van der Waals surface area contributed by atoms with E-state index in [2.05, 4.69) is 10.3 Å². The third kappa shape index (κ3) is 3.17. The maximum Gasteiger partial charge on any atom is 0.261 e. The zero-order valence-electron chi connectivity index (χ0n) is 12.4. The molecule has 0 saturated heterocycles. The van der Waals surface area contributed by atoms with Crippen LogP contribution in [0.5, 0.6) is 5.75 Å². The average Bonchev–Trinajstić information content (AvgIpc) is 2.58. The van der Waals surface area contributed by atoms with E-state index < -0.39 is 17.2 Å². The van der Waals surface area contributed by atoms with Crippen LogP contribution in [0.1, 0.15) is 10.4 Å². The molecule has 0 radical (unpaired) electrons. The molecular formula is C18H13FN2O3. The van der Waals surface area contributed by atoms with E-state index in [0.29, 0.717) is 11.3 Å². The molecule has 0 atom stereocenters. The molecule has 6 heteroatoms. The van der Waals surface area contributed by atoms with Gasteiger partial charge in [-0.15, -0.1) is 0 Å². The smallest absolute Gasteiger partial charge is 0.261 e. The normalized spacial score (nSPS) is 10.4. The number of phenolic OH excluding ortho intramolecular Hbond substituents is 1. The standard InChI is InChI=1S/C18H13FN2O3/c19-12-3-1-11(2-4-12)15-9-20-10-16(17(15)23)18(24)21-13-5-7-14(22)8-6-13/h1-10,22H,(H,20,23)(H,21,24). The number of anilines is 1. The van der Waals surface area contributed by atoms with Gasteiger partial charge in [0.05, 0.1) is 0 Å². The number of halogens is 1. The van der Waals surface area contributed by atoms with Gasteiger partial charge >= 0.3 is 0 Å². The third-order valence-electron chi connectivity index (χ3n) is 3.47. The molecule has 24 heavy (non-hydrogen) atoms. The molecule has 3 N–H and O–H groups in total. The zero-order chi connectivity index (χ0) is 17.1. The number of benzene rings is 2. The molecule has 0 saturated carbocycles. The van der Waals surface area contributed by atoms with Gasteiger partial charge < -0.3 is 15.4 Å². The largest absolute Gasteiger partial charge is 0.508 e. The van der Waals surface area contributed by atoms with E-state index in [0.717, 1.165) is 0 Å². The fourth-order valence-electron chi connectivity index (χ4n) is 2.24. The number of H-pyrrole nitrogens is 1. The van der Waals surface area contributed by atoms with Crippen LogP contribution in [0.25, 0.3) is 11.1 Å². The van der Waals surface area contributed by atoms with Gasteiger partial charge in [-0.1, -0.05) is 12.1 Å². The SMILES string of the molecule is O=C(Nc1ccc(O)cc1)c1c[nH]cc(-c2ccc(F)cc2)c1=O. The lowest BCUT2D eigenvalue weighted by Crippen LogP contribution is -2.22. The molecule has 0 bridgehead atoms. The fraction of sp³-hybridized carbons (Fsp3) is 0. The molecule has 0 aliphatic rings. The first-order valence-electron chi connectivity index (χ1n) is 7.12. The Morgan fingerprint density at radius 3 is 2.33 bits per heavy atom. The number of carbonyl (C=O) groups excluding carboxylic acids is 1. The number of carbonyl (C=O) groups is 1. The van der Waals surface area contributed by atoms with Gasteiger partial charge in [-0.3, -0.25) is 9.59 Å². The highest BCUT2D eigenvalue weighted by atomic mass is 19.1. The van der Waals surface area contributed by atoms with Crippen molar-refractivity contribution in [2.24, 2.45) is 0 Å². The molecule has 0 unspecified atom stereocenters. The molecule has 0 spiro atoms. The Labute approximate surface area is 136 Å². The molecule has 0 aliphatic carbocycles. The van der Waals surface area contributed by atoms with Gasteiger partial charge in [0.2, 0.25) is 5.43 Å². The van der Waals surface area contributed by atoms with Crippen LogP contribution in [0.4, 0.5) is 10.1 Å². The summed E-state index contributed by atoms with van der Waals surface area (Å²) < 4.78 is 13.0. The van der Waals surface area contributed by atoms with Gasteiger partial charge in [0.15, 0.2) is 0 Å². The predicted octanol–water partition coefficient (Wildman–Crippen LogP) is 3.14. The second kappa shape index (κ2) is 6.37. The molecule has 120 valence electrons. The van der Waals surface area contributed by atoms with E-state index in [1.54, 1.807) is 0 Å². The quantitative estimate of drug-likeness (QED) is 0.647. The van der Waals surface area contributed by atoms with E-state index in [1.807, 2.05) is 0 Å². The van der Waals surface area contributed by atoms with E-state index in [-0.39, 0.29) is 16.9 Å². The van der Waals surface area contributed by atoms with Crippen LogP contribution in [-0.4, -0.2) is 16.0 Å². The highest BCUT2D eigenvalue weighted by molar-refractivity contribution is 6.04. The third-order valence-corrected chi connectivity index (χ3v) is 3.47. The number of pyridine rings is 1. The Morgan fingerprint density at radius 1 is 1.00 bits per heavy atom. The molecule has 3 rings (SSSR count). The molecule has 2 aromatic carbocycles. The summed E-state index contributed by atoms with van der Waals surface area (Å²) in [6.07, 6.45) is 2.78. The van der Waals surface area contributed by atoms with E-state index in [4.69, 9.17) is 0 Å². The minimum absolute atomic E-state index is 0.0649. The minimum Gasteiger partial charge on any atom is -0.508 e. The van der Waals surface area contributed by atoms with Crippen LogP contribution in [0, 0.1) is 5.82 Å². The summed E-state index contributed by atoms with van der Waals surface area (Å²) in [5.41, 5.74) is 0.705. The summed E-state index contributed by atoms with van der Waals surface area (Å²) in [4.78, 5) is 27.6. The molecule has 5 nitrogen and oxygen atoms in total. The van der Waals surface area contributed by atoms with Crippen molar-refractivity contribution in [2.45, 2.75) is 0 Å². The summed E-state index contributed by atoms with van der Waals surface area (Å²) in [5.74, 6) is -0.911. The topological polar surface area (TPSA) is 82.2 Å². The maximum absolute atomic E-state index is 13.0. The molecule has 1 heterocycles. The first-order valence-corrected chi connectivity index (χ1v) is 7.12. The van der Waals surface area contributed by atoms with Gasteiger partial charge in [0.1, 0.15) is 17.1 Å². The first kappa shape index (κ1) is 15.5. The Bertz CT molecular complexity index is 932. The second-order valence-corrected chi connectivity index (χ2v) is 5.12. The van der Waals surface area contributed by atoms with Crippen molar-refractivity contribution in [3.05, 3.63) is 82.5 Å². The Kier molecular flexibility index (Phi) is 4.11. The highest BCUT2D eigenvalue weighted by Gasteiger charge is 2.14. The summed E-state index contributed by atoms with van der Waals surface area (Å²) in [6.45, 7) is 0. The van der Waals surface area contributed by atoms with Crippen molar-refractivity contribution < 1.29 is 14.3 Å². The van der Waals surface area contributed by atoms with Gasteiger partial charge in [-0.25, -0.2) is 4.39 Å². The monoisotopic (exact) mass is 324 g/mol. The second-order valence-electron chi connectivity index (χ2n) is 5.12. The van der Waals surface area contributed by atoms with E-state index in [1.165, 1.54) is 60.9 Å². The molecule has 1 amide bonds. The highest BCUT2D eigenvalue weighted by Crippen LogP contribution is 2.17. The van der Waals surface area contributed by atoms with Crippen LogP contribution in [0.15, 0.2) is 65.7 Å². The number of hydrogen-bond donors (Lipinski definition) is 3. The van der Waals surface area contributed by atoms with Crippen molar-refractivity contribution in [1.82, 2.24) is 4.98 Å². The van der Waals surface area contributed by atoms with Crippen molar-refractivity contribution >= 4 is 11.6 Å². The summed E-state index contributed by atoms with van der Waals surface area (Å²) in [7, 11) is 0. The molecule has 1 aromatic heterocycles.